The van der Waals surface area contributed by atoms with Crippen molar-refractivity contribution in [1.82, 2.24) is 4.57 Å². The van der Waals surface area contributed by atoms with E-state index < -0.39 is 0 Å². The largest absolute Gasteiger partial charge is 0.486 e. The molecular weight excluding hydrogens is 343 g/mol. The first-order valence-corrected chi connectivity index (χ1v) is 9.20. The van der Waals surface area contributed by atoms with Crippen LogP contribution < -0.4 is 9.47 Å². The Bertz CT molecular complexity index is 1040. The Kier molecular flexibility index (Phi) is 3.74. The second-order valence-electron chi connectivity index (χ2n) is 6.73. The number of hydrogen-bond donors (Lipinski definition) is 0. The van der Waals surface area contributed by atoms with Gasteiger partial charge in [-0.1, -0.05) is 6.92 Å². The average Bonchev–Trinajstić information content (AvgIpc) is 3.14. The molecule has 1 aromatic heterocycles. The second-order valence-corrected chi connectivity index (χ2v) is 6.73. The van der Waals surface area contributed by atoms with Crippen molar-refractivity contribution in [3.8, 4) is 17.2 Å². The summed E-state index contributed by atoms with van der Waals surface area (Å²) in [5, 5.41) is 0. The Morgan fingerprint density at radius 3 is 2.56 bits per heavy atom. The van der Waals surface area contributed by atoms with Gasteiger partial charge in [0.25, 0.3) is 0 Å². The van der Waals surface area contributed by atoms with Crippen LogP contribution in [-0.2, 0) is 0 Å². The van der Waals surface area contributed by atoms with Crippen LogP contribution in [-0.4, -0.2) is 23.5 Å². The molecule has 0 unspecified atom stereocenters. The van der Waals surface area contributed by atoms with Crippen molar-refractivity contribution >= 4 is 5.71 Å². The summed E-state index contributed by atoms with van der Waals surface area (Å²) >= 11 is 0. The van der Waals surface area contributed by atoms with E-state index in [0.29, 0.717) is 13.2 Å². The fraction of sp³-hybridized carbons (Fsp3) is 0.227. The first-order valence-electron chi connectivity index (χ1n) is 9.20. The van der Waals surface area contributed by atoms with E-state index in [0.717, 1.165) is 46.1 Å². The highest BCUT2D eigenvalue weighted by atomic mass is 19.1. The SMILES string of the molecule is CC[C@H]1N=C(c2ccc(F)cc2)c2cccn2-c2cc3c(cc21)OCCO3. The zero-order valence-electron chi connectivity index (χ0n) is 15.0. The van der Waals surface area contributed by atoms with Gasteiger partial charge in [0.2, 0.25) is 0 Å². The van der Waals surface area contributed by atoms with Gasteiger partial charge >= 0.3 is 0 Å². The van der Waals surface area contributed by atoms with E-state index >= 15 is 0 Å². The number of hydrogen-bond acceptors (Lipinski definition) is 3. The number of halogens is 1. The van der Waals surface area contributed by atoms with E-state index in [2.05, 4.69) is 17.6 Å². The fourth-order valence-electron chi connectivity index (χ4n) is 3.79. The van der Waals surface area contributed by atoms with Crippen LogP contribution in [0.25, 0.3) is 5.69 Å². The number of fused-ring (bicyclic) bond motifs is 4. The molecule has 0 aliphatic carbocycles. The monoisotopic (exact) mass is 362 g/mol. The molecule has 0 radical (unpaired) electrons. The Hall–Kier alpha value is -3.08. The van der Waals surface area contributed by atoms with Gasteiger partial charge in [-0.25, -0.2) is 4.39 Å². The van der Waals surface area contributed by atoms with Gasteiger partial charge in [0.05, 0.1) is 23.1 Å². The van der Waals surface area contributed by atoms with E-state index in [4.69, 9.17) is 14.5 Å². The smallest absolute Gasteiger partial charge is 0.163 e. The number of rotatable bonds is 2. The van der Waals surface area contributed by atoms with Crippen LogP contribution in [0.15, 0.2) is 59.7 Å². The van der Waals surface area contributed by atoms with Crippen molar-refractivity contribution in [2.45, 2.75) is 19.4 Å². The molecular formula is C22H19FN2O2. The third kappa shape index (κ3) is 2.62. The first kappa shape index (κ1) is 16.1. The molecule has 5 heteroatoms. The Labute approximate surface area is 156 Å². The minimum Gasteiger partial charge on any atom is -0.486 e. The summed E-state index contributed by atoms with van der Waals surface area (Å²) < 4.78 is 27.1. The number of aliphatic imine (C=N–C) groups is 1. The number of nitrogens with zero attached hydrogens (tertiary/aromatic N) is 2. The molecule has 0 N–H and O–H groups in total. The van der Waals surface area contributed by atoms with Crippen LogP contribution in [0, 0.1) is 5.82 Å². The third-order valence-corrected chi connectivity index (χ3v) is 5.09. The molecule has 5 rings (SSSR count). The minimum absolute atomic E-state index is 0.0178. The van der Waals surface area contributed by atoms with E-state index in [1.54, 1.807) is 12.1 Å². The maximum absolute atomic E-state index is 13.4. The normalized spacial score (nSPS) is 17.6. The predicted molar refractivity (Wildman–Crippen MR) is 102 cm³/mol. The standard InChI is InChI=1S/C22H19FN2O2/c1-2-17-16-12-20-21(27-11-10-26-20)13-19(16)25-9-3-4-18(25)22(24-17)14-5-7-15(23)8-6-14/h3-9,12-13,17H,2,10-11H2,1H3/t17-/m1/s1. The van der Waals surface area contributed by atoms with Gasteiger partial charge in [-0.05, 0) is 48.9 Å². The fourth-order valence-corrected chi connectivity index (χ4v) is 3.79. The van der Waals surface area contributed by atoms with Gasteiger partial charge in [-0.2, -0.15) is 0 Å². The minimum atomic E-state index is -0.249. The molecule has 2 aliphatic rings. The lowest BCUT2D eigenvalue weighted by atomic mass is 10.0. The molecule has 3 aromatic rings. The molecule has 0 fully saturated rings. The molecule has 3 heterocycles. The van der Waals surface area contributed by atoms with Gasteiger partial charge < -0.3 is 14.0 Å². The zero-order valence-corrected chi connectivity index (χ0v) is 15.0. The first-order chi connectivity index (χ1) is 13.2. The van der Waals surface area contributed by atoms with Crippen molar-refractivity contribution in [2.75, 3.05) is 13.2 Å². The molecule has 27 heavy (non-hydrogen) atoms. The predicted octanol–water partition coefficient (Wildman–Crippen LogP) is 4.69. The molecule has 1 atom stereocenters. The average molecular weight is 362 g/mol. The quantitative estimate of drug-likeness (QED) is 0.663. The van der Waals surface area contributed by atoms with Crippen LogP contribution in [0.1, 0.15) is 36.2 Å². The topological polar surface area (TPSA) is 35.8 Å². The maximum atomic E-state index is 13.4. The van der Waals surface area contributed by atoms with E-state index in [-0.39, 0.29) is 11.9 Å². The molecule has 0 spiro atoms. The van der Waals surface area contributed by atoms with Crippen molar-refractivity contribution in [3.05, 3.63) is 77.4 Å². The lowest BCUT2D eigenvalue weighted by Crippen LogP contribution is -2.16. The van der Waals surface area contributed by atoms with Crippen LogP contribution >= 0.6 is 0 Å². The Morgan fingerprint density at radius 2 is 1.81 bits per heavy atom. The molecule has 4 nitrogen and oxygen atoms in total. The summed E-state index contributed by atoms with van der Waals surface area (Å²) in [6.07, 6.45) is 2.88. The van der Waals surface area contributed by atoms with Crippen molar-refractivity contribution < 1.29 is 13.9 Å². The molecule has 0 saturated carbocycles. The van der Waals surface area contributed by atoms with Crippen LogP contribution in [0.3, 0.4) is 0 Å². The van der Waals surface area contributed by atoms with E-state index in [1.165, 1.54) is 12.1 Å². The molecule has 2 aromatic carbocycles. The highest BCUT2D eigenvalue weighted by Crippen LogP contribution is 2.41. The summed E-state index contributed by atoms with van der Waals surface area (Å²) in [5.74, 6) is 1.29. The van der Waals surface area contributed by atoms with Crippen LogP contribution in [0.5, 0.6) is 11.5 Å². The summed E-state index contributed by atoms with van der Waals surface area (Å²) in [4.78, 5) is 5.07. The van der Waals surface area contributed by atoms with Crippen molar-refractivity contribution in [2.24, 2.45) is 4.99 Å². The molecule has 0 amide bonds. The van der Waals surface area contributed by atoms with E-state index in [1.807, 2.05) is 24.4 Å². The summed E-state index contributed by atoms with van der Waals surface area (Å²) in [7, 11) is 0. The number of benzene rings is 2. The van der Waals surface area contributed by atoms with Gasteiger partial charge in [0.15, 0.2) is 11.5 Å². The highest BCUT2D eigenvalue weighted by molar-refractivity contribution is 6.12. The van der Waals surface area contributed by atoms with Crippen LogP contribution in [0.2, 0.25) is 0 Å². The Balaban J connectivity index is 1.74. The highest BCUT2D eigenvalue weighted by Gasteiger charge is 2.26. The number of ether oxygens (including phenoxy) is 2. The lowest BCUT2D eigenvalue weighted by molar-refractivity contribution is 0.171. The lowest BCUT2D eigenvalue weighted by Gasteiger charge is -2.22. The third-order valence-electron chi connectivity index (χ3n) is 5.09. The van der Waals surface area contributed by atoms with E-state index in [9.17, 15) is 4.39 Å². The maximum Gasteiger partial charge on any atom is 0.163 e. The summed E-state index contributed by atoms with van der Waals surface area (Å²) in [6.45, 7) is 3.23. The van der Waals surface area contributed by atoms with Crippen LogP contribution in [0.4, 0.5) is 4.39 Å². The second kappa shape index (κ2) is 6.27. The summed E-state index contributed by atoms with van der Waals surface area (Å²) in [5.41, 5.74) is 4.90. The van der Waals surface area contributed by atoms with Gasteiger partial charge in [-0.3, -0.25) is 4.99 Å². The molecule has 2 aliphatic heterocycles. The zero-order chi connectivity index (χ0) is 18.4. The molecule has 0 bridgehead atoms. The summed E-state index contributed by atoms with van der Waals surface area (Å²) in [6, 6.07) is 14.6. The van der Waals surface area contributed by atoms with Gasteiger partial charge in [0, 0.05) is 23.4 Å². The van der Waals surface area contributed by atoms with Gasteiger partial charge in [-0.15, -0.1) is 0 Å². The van der Waals surface area contributed by atoms with Gasteiger partial charge in [0.1, 0.15) is 19.0 Å². The van der Waals surface area contributed by atoms with Crippen molar-refractivity contribution in [3.63, 3.8) is 0 Å². The number of aromatic nitrogens is 1. The molecule has 0 saturated heterocycles. The Morgan fingerprint density at radius 1 is 1.07 bits per heavy atom. The van der Waals surface area contributed by atoms with Crippen molar-refractivity contribution in [1.29, 1.82) is 0 Å². The molecule has 136 valence electrons.